The van der Waals surface area contributed by atoms with Crippen molar-refractivity contribution in [2.45, 2.75) is 47.1 Å². The third-order valence-corrected chi connectivity index (χ3v) is 2.65. The van der Waals surface area contributed by atoms with Gasteiger partial charge in [-0.15, -0.1) is 0 Å². The van der Waals surface area contributed by atoms with E-state index in [0.717, 1.165) is 25.1 Å². The van der Waals surface area contributed by atoms with Crippen LogP contribution in [0.2, 0.25) is 0 Å². The predicted octanol–water partition coefficient (Wildman–Crippen LogP) is 2.08. The van der Waals surface area contributed by atoms with E-state index in [2.05, 4.69) is 37.5 Å². The highest BCUT2D eigenvalue weighted by atomic mass is 16.2. The summed E-state index contributed by atoms with van der Waals surface area (Å²) in [6, 6.07) is 0. The maximum Gasteiger partial charge on any atom is 0.0628 e. The number of aromatic nitrogens is 2. The second kappa shape index (κ2) is 5.31. The van der Waals surface area contributed by atoms with Gasteiger partial charge in [0.15, 0.2) is 0 Å². The highest BCUT2D eigenvalue weighted by molar-refractivity contribution is 5.24. The molecule has 0 unspecified atom stereocenters. The molecule has 0 aromatic carbocycles. The topological polar surface area (TPSA) is 38.0 Å². The SMILES string of the molecule is Cc1nn(CC(C)C)c(C)c1CCCO. The molecule has 0 aliphatic heterocycles. The third kappa shape index (κ3) is 3.06. The molecule has 1 rings (SSSR count). The number of aliphatic hydroxyl groups is 1. The highest BCUT2D eigenvalue weighted by Gasteiger charge is 2.11. The first-order valence-corrected chi connectivity index (χ1v) is 5.70. The van der Waals surface area contributed by atoms with Gasteiger partial charge in [-0.1, -0.05) is 13.8 Å². The summed E-state index contributed by atoms with van der Waals surface area (Å²) >= 11 is 0. The van der Waals surface area contributed by atoms with Crippen LogP contribution in [-0.4, -0.2) is 21.5 Å². The Kier molecular flexibility index (Phi) is 4.33. The Balaban J connectivity index is 2.83. The number of hydrogen-bond acceptors (Lipinski definition) is 2. The second-order valence-electron chi connectivity index (χ2n) is 4.55. The highest BCUT2D eigenvalue weighted by Crippen LogP contribution is 2.16. The molecule has 0 fully saturated rings. The van der Waals surface area contributed by atoms with Crippen molar-refractivity contribution in [1.29, 1.82) is 0 Å². The lowest BCUT2D eigenvalue weighted by Gasteiger charge is -2.07. The van der Waals surface area contributed by atoms with Crippen LogP contribution in [0, 0.1) is 19.8 Å². The number of aryl methyl sites for hydroxylation is 1. The molecule has 86 valence electrons. The molecule has 3 heteroatoms. The van der Waals surface area contributed by atoms with E-state index in [4.69, 9.17) is 5.11 Å². The maximum absolute atomic E-state index is 8.83. The lowest BCUT2D eigenvalue weighted by Crippen LogP contribution is -2.08. The summed E-state index contributed by atoms with van der Waals surface area (Å²) in [7, 11) is 0. The fraction of sp³-hybridized carbons (Fsp3) is 0.750. The van der Waals surface area contributed by atoms with Gasteiger partial charge in [0.1, 0.15) is 0 Å². The van der Waals surface area contributed by atoms with Gasteiger partial charge < -0.3 is 5.11 Å². The van der Waals surface area contributed by atoms with Crippen LogP contribution in [0.3, 0.4) is 0 Å². The molecule has 0 aliphatic carbocycles. The van der Waals surface area contributed by atoms with Crippen LogP contribution in [0.15, 0.2) is 0 Å². The minimum Gasteiger partial charge on any atom is -0.396 e. The zero-order valence-corrected chi connectivity index (χ0v) is 10.2. The van der Waals surface area contributed by atoms with Gasteiger partial charge in [-0.2, -0.15) is 5.10 Å². The van der Waals surface area contributed by atoms with Gasteiger partial charge in [-0.05, 0) is 38.2 Å². The van der Waals surface area contributed by atoms with Crippen molar-refractivity contribution in [2.75, 3.05) is 6.61 Å². The average molecular weight is 210 g/mol. The predicted molar refractivity (Wildman–Crippen MR) is 61.9 cm³/mol. The van der Waals surface area contributed by atoms with E-state index >= 15 is 0 Å². The molecule has 1 N–H and O–H groups in total. The molecule has 3 nitrogen and oxygen atoms in total. The minimum atomic E-state index is 0.258. The van der Waals surface area contributed by atoms with Crippen molar-refractivity contribution in [3.63, 3.8) is 0 Å². The minimum absolute atomic E-state index is 0.258. The van der Waals surface area contributed by atoms with E-state index in [1.807, 2.05) is 0 Å². The smallest absolute Gasteiger partial charge is 0.0628 e. The van der Waals surface area contributed by atoms with Gasteiger partial charge in [0.25, 0.3) is 0 Å². The molecule has 0 radical (unpaired) electrons. The van der Waals surface area contributed by atoms with Crippen molar-refractivity contribution >= 4 is 0 Å². The summed E-state index contributed by atoms with van der Waals surface area (Å²) in [6.45, 7) is 9.80. The van der Waals surface area contributed by atoms with Crippen LogP contribution in [-0.2, 0) is 13.0 Å². The van der Waals surface area contributed by atoms with Crippen LogP contribution >= 0.6 is 0 Å². The number of nitrogens with zero attached hydrogens (tertiary/aromatic N) is 2. The fourth-order valence-corrected chi connectivity index (χ4v) is 1.88. The van der Waals surface area contributed by atoms with Crippen LogP contribution in [0.1, 0.15) is 37.2 Å². The van der Waals surface area contributed by atoms with Crippen molar-refractivity contribution in [2.24, 2.45) is 5.92 Å². The molecular formula is C12H22N2O. The van der Waals surface area contributed by atoms with E-state index in [-0.39, 0.29) is 6.61 Å². The Bertz CT molecular complexity index is 316. The van der Waals surface area contributed by atoms with Gasteiger partial charge in [0.2, 0.25) is 0 Å². The Labute approximate surface area is 92.1 Å². The van der Waals surface area contributed by atoms with E-state index in [1.165, 1.54) is 11.3 Å². The first-order chi connectivity index (χ1) is 7.06. The van der Waals surface area contributed by atoms with Gasteiger partial charge >= 0.3 is 0 Å². The molecule has 15 heavy (non-hydrogen) atoms. The lowest BCUT2D eigenvalue weighted by molar-refractivity contribution is 0.288. The molecule has 0 amide bonds. The van der Waals surface area contributed by atoms with Gasteiger partial charge in [0, 0.05) is 18.8 Å². The summed E-state index contributed by atoms with van der Waals surface area (Å²) in [5, 5.41) is 13.4. The monoisotopic (exact) mass is 210 g/mol. The van der Waals surface area contributed by atoms with Crippen LogP contribution < -0.4 is 0 Å². The van der Waals surface area contributed by atoms with Crippen molar-refractivity contribution in [3.05, 3.63) is 17.0 Å². The molecule has 1 aromatic rings. The summed E-state index contributed by atoms with van der Waals surface area (Å²) < 4.78 is 2.09. The fourth-order valence-electron chi connectivity index (χ4n) is 1.88. The van der Waals surface area contributed by atoms with Crippen molar-refractivity contribution in [3.8, 4) is 0 Å². The van der Waals surface area contributed by atoms with Gasteiger partial charge in [-0.3, -0.25) is 4.68 Å². The molecule has 1 aromatic heterocycles. The summed E-state index contributed by atoms with van der Waals surface area (Å²) in [5.74, 6) is 0.619. The molecule has 0 atom stereocenters. The van der Waals surface area contributed by atoms with Crippen molar-refractivity contribution in [1.82, 2.24) is 9.78 Å². The van der Waals surface area contributed by atoms with E-state index in [1.54, 1.807) is 0 Å². The Morgan fingerprint density at radius 3 is 2.53 bits per heavy atom. The molecule has 0 aliphatic rings. The first-order valence-electron chi connectivity index (χ1n) is 5.70. The third-order valence-electron chi connectivity index (χ3n) is 2.65. The zero-order chi connectivity index (χ0) is 11.4. The van der Waals surface area contributed by atoms with E-state index < -0.39 is 0 Å². The lowest BCUT2D eigenvalue weighted by atomic mass is 10.1. The molecule has 1 heterocycles. The molecular weight excluding hydrogens is 188 g/mol. The summed E-state index contributed by atoms with van der Waals surface area (Å²) in [4.78, 5) is 0. The number of hydrogen-bond donors (Lipinski definition) is 1. The molecule has 0 saturated heterocycles. The van der Waals surface area contributed by atoms with Crippen LogP contribution in [0.5, 0.6) is 0 Å². The largest absolute Gasteiger partial charge is 0.396 e. The van der Waals surface area contributed by atoms with Gasteiger partial charge in [0.05, 0.1) is 5.69 Å². The maximum atomic E-state index is 8.83. The Morgan fingerprint density at radius 1 is 1.33 bits per heavy atom. The quantitative estimate of drug-likeness (QED) is 0.808. The molecule has 0 saturated carbocycles. The first kappa shape index (κ1) is 12.2. The van der Waals surface area contributed by atoms with E-state index in [9.17, 15) is 0 Å². The summed E-state index contributed by atoms with van der Waals surface area (Å²) in [6.07, 6.45) is 1.77. The second-order valence-corrected chi connectivity index (χ2v) is 4.55. The summed E-state index contributed by atoms with van der Waals surface area (Å²) in [5.41, 5.74) is 3.68. The number of aliphatic hydroxyl groups excluding tert-OH is 1. The van der Waals surface area contributed by atoms with E-state index in [0.29, 0.717) is 5.92 Å². The van der Waals surface area contributed by atoms with Crippen molar-refractivity contribution < 1.29 is 5.11 Å². The Hall–Kier alpha value is -0.830. The van der Waals surface area contributed by atoms with Crippen LogP contribution in [0.4, 0.5) is 0 Å². The number of rotatable bonds is 5. The normalized spacial score (nSPS) is 11.3. The van der Waals surface area contributed by atoms with Gasteiger partial charge in [-0.25, -0.2) is 0 Å². The Morgan fingerprint density at radius 2 is 2.00 bits per heavy atom. The molecule has 0 bridgehead atoms. The molecule has 0 spiro atoms. The van der Waals surface area contributed by atoms with Crippen LogP contribution in [0.25, 0.3) is 0 Å². The average Bonchev–Trinajstić information content (AvgIpc) is 2.39. The zero-order valence-electron chi connectivity index (χ0n) is 10.2. The standard InChI is InChI=1S/C12H22N2O/c1-9(2)8-14-11(4)12(6-5-7-15)10(3)13-14/h9,15H,5-8H2,1-4H3.